The third kappa shape index (κ3) is 4.51. The minimum Gasteiger partial charge on any atom is -0.322 e. The van der Waals surface area contributed by atoms with Crippen LogP contribution >= 0.6 is 22.9 Å². The van der Waals surface area contributed by atoms with Crippen LogP contribution in [0.5, 0.6) is 0 Å². The summed E-state index contributed by atoms with van der Waals surface area (Å²) in [4.78, 5) is 14.9. The number of anilines is 1. The van der Waals surface area contributed by atoms with E-state index >= 15 is 0 Å². The van der Waals surface area contributed by atoms with E-state index in [2.05, 4.69) is 22.0 Å². The summed E-state index contributed by atoms with van der Waals surface area (Å²) in [6.45, 7) is 4.08. The minimum atomic E-state index is -0.0750. The fraction of sp³-hybridized carbons (Fsp3) is 0.200. The normalized spacial score (nSPS) is 13.2. The zero-order chi connectivity index (χ0) is 25.2. The van der Waals surface area contributed by atoms with E-state index in [1.807, 2.05) is 68.5 Å². The summed E-state index contributed by atoms with van der Waals surface area (Å²) in [5.74, 6) is -0.0750. The van der Waals surface area contributed by atoms with Gasteiger partial charge in [-0.25, -0.2) is 0 Å². The van der Waals surface area contributed by atoms with Gasteiger partial charge in [-0.2, -0.15) is 5.26 Å². The van der Waals surface area contributed by atoms with Crippen molar-refractivity contribution in [2.45, 2.75) is 39.5 Å². The lowest BCUT2D eigenvalue weighted by molar-refractivity contribution is 0.102. The SMILES string of the molecule is Cc1cc(C=C(C#N)c2ccccc2Cl)c(C)n1-c1sc2c(c1C(=O)Nc1ccccc1)CCCC2. The Morgan fingerprint density at radius 3 is 2.56 bits per heavy atom. The fourth-order valence-electron chi connectivity index (χ4n) is 4.91. The van der Waals surface area contributed by atoms with Gasteiger partial charge in [0.15, 0.2) is 0 Å². The first-order valence-electron chi connectivity index (χ1n) is 12.0. The van der Waals surface area contributed by atoms with Gasteiger partial charge in [0.2, 0.25) is 0 Å². The van der Waals surface area contributed by atoms with Crippen molar-refractivity contribution in [3.8, 4) is 11.1 Å². The molecule has 2 heterocycles. The van der Waals surface area contributed by atoms with Crippen LogP contribution in [0.4, 0.5) is 5.69 Å². The molecule has 0 atom stereocenters. The molecule has 1 N–H and O–H groups in total. The zero-order valence-corrected chi connectivity index (χ0v) is 21.8. The van der Waals surface area contributed by atoms with Crippen molar-refractivity contribution in [1.82, 2.24) is 4.57 Å². The average molecular weight is 512 g/mol. The van der Waals surface area contributed by atoms with Gasteiger partial charge >= 0.3 is 0 Å². The van der Waals surface area contributed by atoms with E-state index in [0.717, 1.165) is 58.9 Å². The van der Waals surface area contributed by atoms with Crippen LogP contribution in [-0.2, 0) is 12.8 Å². The van der Waals surface area contributed by atoms with E-state index in [4.69, 9.17) is 11.6 Å². The second-order valence-electron chi connectivity index (χ2n) is 9.02. The van der Waals surface area contributed by atoms with Crippen molar-refractivity contribution in [3.63, 3.8) is 0 Å². The van der Waals surface area contributed by atoms with Gasteiger partial charge in [0.25, 0.3) is 5.91 Å². The highest BCUT2D eigenvalue weighted by Crippen LogP contribution is 2.39. The molecule has 6 heteroatoms. The molecule has 2 aromatic heterocycles. The largest absolute Gasteiger partial charge is 0.322 e. The summed E-state index contributed by atoms with van der Waals surface area (Å²) in [6, 6.07) is 21.3. The molecular weight excluding hydrogens is 486 g/mol. The summed E-state index contributed by atoms with van der Waals surface area (Å²) in [6.07, 6.45) is 6.05. The van der Waals surface area contributed by atoms with Gasteiger partial charge in [-0.1, -0.05) is 48.0 Å². The molecule has 0 radical (unpaired) electrons. The molecule has 0 unspecified atom stereocenters. The lowest BCUT2D eigenvalue weighted by Crippen LogP contribution is -2.17. The molecule has 0 aliphatic heterocycles. The number of nitrogens with one attached hydrogen (secondary N) is 1. The van der Waals surface area contributed by atoms with Crippen LogP contribution < -0.4 is 5.32 Å². The lowest BCUT2D eigenvalue weighted by atomic mass is 9.95. The van der Waals surface area contributed by atoms with Crippen LogP contribution in [0.3, 0.4) is 0 Å². The smallest absolute Gasteiger partial charge is 0.258 e. The number of carbonyl (C=O) groups is 1. The highest BCUT2D eigenvalue weighted by Gasteiger charge is 2.28. The highest BCUT2D eigenvalue weighted by molar-refractivity contribution is 7.15. The topological polar surface area (TPSA) is 57.8 Å². The molecule has 0 fully saturated rings. The van der Waals surface area contributed by atoms with Gasteiger partial charge < -0.3 is 9.88 Å². The number of hydrogen-bond donors (Lipinski definition) is 1. The van der Waals surface area contributed by atoms with Crippen LogP contribution in [0.25, 0.3) is 16.7 Å². The number of amides is 1. The second-order valence-corrected chi connectivity index (χ2v) is 10.5. The number of hydrogen-bond acceptors (Lipinski definition) is 3. The Morgan fingerprint density at radius 2 is 1.81 bits per heavy atom. The lowest BCUT2D eigenvalue weighted by Gasteiger charge is -2.14. The van der Waals surface area contributed by atoms with Crippen LogP contribution in [0.2, 0.25) is 5.02 Å². The Bertz CT molecular complexity index is 1520. The van der Waals surface area contributed by atoms with Crippen LogP contribution in [0.1, 0.15) is 56.2 Å². The van der Waals surface area contributed by atoms with Crippen LogP contribution in [0, 0.1) is 25.2 Å². The number of carbonyl (C=O) groups excluding carboxylic acids is 1. The van der Waals surface area contributed by atoms with Gasteiger partial charge in [-0.15, -0.1) is 11.3 Å². The van der Waals surface area contributed by atoms with Crippen molar-refractivity contribution in [2.75, 3.05) is 5.32 Å². The monoisotopic (exact) mass is 511 g/mol. The molecule has 4 aromatic rings. The molecule has 36 heavy (non-hydrogen) atoms. The van der Waals surface area contributed by atoms with Crippen molar-refractivity contribution in [2.24, 2.45) is 0 Å². The van der Waals surface area contributed by atoms with Crippen LogP contribution in [0.15, 0.2) is 60.7 Å². The van der Waals surface area contributed by atoms with Crippen molar-refractivity contribution >= 4 is 46.2 Å². The molecule has 0 spiro atoms. The van der Waals surface area contributed by atoms with Gasteiger partial charge in [-0.05, 0) is 81.0 Å². The minimum absolute atomic E-state index is 0.0750. The third-order valence-corrected chi connectivity index (χ3v) is 8.28. The fourth-order valence-corrected chi connectivity index (χ4v) is 6.64. The third-order valence-electron chi connectivity index (χ3n) is 6.67. The molecule has 1 aliphatic rings. The van der Waals surface area contributed by atoms with Crippen LogP contribution in [-0.4, -0.2) is 10.5 Å². The molecule has 180 valence electrons. The predicted octanol–water partition coefficient (Wildman–Crippen LogP) is 8.00. The van der Waals surface area contributed by atoms with E-state index in [0.29, 0.717) is 16.2 Å². The average Bonchev–Trinajstić information content (AvgIpc) is 3.39. The Kier molecular flexibility index (Phi) is 6.82. The summed E-state index contributed by atoms with van der Waals surface area (Å²) in [5.41, 5.74) is 6.88. The number of allylic oxidation sites excluding steroid dienone is 1. The molecule has 0 saturated heterocycles. The molecule has 5 rings (SSSR count). The van der Waals surface area contributed by atoms with E-state index in [-0.39, 0.29) is 5.91 Å². The summed E-state index contributed by atoms with van der Waals surface area (Å²) in [5, 5.41) is 14.5. The van der Waals surface area contributed by atoms with Gasteiger partial charge in [0.1, 0.15) is 5.00 Å². The van der Waals surface area contributed by atoms with E-state index in [9.17, 15) is 10.1 Å². The maximum atomic E-state index is 13.6. The van der Waals surface area contributed by atoms with E-state index in [1.165, 1.54) is 10.4 Å². The summed E-state index contributed by atoms with van der Waals surface area (Å²) < 4.78 is 2.16. The first-order valence-corrected chi connectivity index (χ1v) is 13.2. The van der Waals surface area contributed by atoms with Gasteiger partial charge in [0.05, 0.1) is 17.2 Å². The summed E-state index contributed by atoms with van der Waals surface area (Å²) in [7, 11) is 0. The Hall–Kier alpha value is -3.59. The quantitative estimate of drug-likeness (QED) is 0.276. The maximum absolute atomic E-state index is 13.6. The number of nitrogens with zero attached hydrogens (tertiary/aromatic N) is 2. The number of benzene rings is 2. The van der Waals surface area contributed by atoms with E-state index < -0.39 is 0 Å². The predicted molar refractivity (Wildman–Crippen MR) is 149 cm³/mol. The molecule has 1 amide bonds. The number of thiophene rings is 1. The number of rotatable bonds is 5. The number of aryl methyl sites for hydroxylation is 2. The highest BCUT2D eigenvalue weighted by atomic mass is 35.5. The first kappa shape index (κ1) is 24.1. The van der Waals surface area contributed by atoms with E-state index in [1.54, 1.807) is 17.4 Å². The summed E-state index contributed by atoms with van der Waals surface area (Å²) >= 11 is 8.09. The Morgan fingerprint density at radius 1 is 1.08 bits per heavy atom. The van der Waals surface area contributed by atoms with Gasteiger partial charge in [0, 0.05) is 32.5 Å². The van der Waals surface area contributed by atoms with Gasteiger partial charge in [-0.3, -0.25) is 4.79 Å². The molecule has 2 aromatic carbocycles. The zero-order valence-electron chi connectivity index (χ0n) is 20.3. The molecule has 0 saturated carbocycles. The first-order chi connectivity index (χ1) is 17.5. The molecular formula is C30H26ClN3OS. The Balaban J connectivity index is 1.62. The Labute approximate surface area is 220 Å². The number of para-hydroxylation sites is 1. The molecule has 0 bridgehead atoms. The molecule has 1 aliphatic carbocycles. The molecule has 4 nitrogen and oxygen atoms in total. The number of halogens is 1. The van der Waals surface area contributed by atoms with Crippen molar-refractivity contribution in [1.29, 1.82) is 5.26 Å². The number of aromatic nitrogens is 1. The van der Waals surface area contributed by atoms with Crippen molar-refractivity contribution < 1.29 is 4.79 Å². The number of nitriles is 1. The maximum Gasteiger partial charge on any atom is 0.258 e. The standard InChI is InChI=1S/C30H26ClN3OS/c1-19-16-21(17-22(18-32)24-12-6-8-14-26(24)31)20(2)34(19)30-28(25-13-7-9-15-27(25)36-30)29(35)33-23-10-4-3-5-11-23/h3-6,8,10-12,14,16-17H,7,9,13,15H2,1-2H3,(H,33,35). The number of fused-ring (bicyclic) bond motifs is 1. The second kappa shape index (κ2) is 10.2. The van der Waals surface area contributed by atoms with Crippen molar-refractivity contribution in [3.05, 3.63) is 104 Å².